The minimum Gasteiger partial charge on any atom is -0.502 e. The Morgan fingerprint density at radius 3 is 2.65 bits per heavy atom. The number of hydrazone groups is 1. The minimum atomic E-state index is -0.801. The Hall–Kier alpha value is -3.63. The standard InChI is InChI=1S/C23H19BrClN3O6/c1-2-33-20-11-15(10-18(24)22(20)34-13-14-6-8-16(25)9-7-14)12-26-27-23(30)17-4-3-5-19(21(17)29)28(31)32/h3-12,29H,2,13H2,1H3,(H,27,30)/b26-12-. The zero-order valence-corrected chi connectivity index (χ0v) is 20.2. The molecule has 1 amide bonds. The molecular weight excluding hydrogens is 530 g/mol. The first-order chi connectivity index (χ1) is 16.3. The summed E-state index contributed by atoms with van der Waals surface area (Å²) in [7, 11) is 0. The van der Waals surface area contributed by atoms with Gasteiger partial charge in [-0.15, -0.1) is 0 Å². The summed E-state index contributed by atoms with van der Waals surface area (Å²) in [5.41, 5.74) is 2.91. The molecule has 2 N–H and O–H groups in total. The molecule has 0 aliphatic rings. The average Bonchev–Trinajstić information content (AvgIpc) is 2.79. The van der Waals surface area contributed by atoms with E-state index in [1.165, 1.54) is 18.3 Å². The third kappa shape index (κ3) is 6.24. The van der Waals surface area contributed by atoms with Crippen molar-refractivity contribution >= 4 is 45.3 Å². The molecule has 0 saturated heterocycles. The minimum absolute atomic E-state index is 0.270. The number of carbonyl (C=O) groups is 1. The number of hydrogen-bond donors (Lipinski definition) is 2. The van der Waals surface area contributed by atoms with Gasteiger partial charge in [-0.25, -0.2) is 5.43 Å². The van der Waals surface area contributed by atoms with E-state index in [0.717, 1.165) is 11.6 Å². The molecule has 9 nitrogen and oxygen atoms in total. The number of nitro groups is 1. The molecule has 0 bridgehead atoms. The molecule has 0 spiro atoms. The molecule has 0 saturated carbocycles. The molecule has 0 radical (unpaired) electrons. The summed E-state index contributed by atoms with van der Waals surface area (Å²) >= 11 is 9.38. The maximum atomic E-state index is 12.3. The van der Waals surface area contributed by atoms with E-state index in [0.29, 0.717) is 39.8 Å². The van der Waals surface area contributed by atoms with Crippen molar-refractivity contribution in [1.82, 2.24) is 5.43 Å². The molecule has 34 heavy (non-hydrogen) atoms. The van der Waals surface area contributed by atoms with Gasteiger partial charge < -0.3 is 14.6 Å². The Morgan fingerprint density at radius 2 is 1.97 bits per heavy atom. The van der Waals surface area contributed by atoms with Crippen LogP contribution in [-0.2, 0) is 6.61 Å². The molecule has 0 fully saturated rings. The summed E-state index contributed by atoms with van der Waals surface area (Å²) in [6.45, 7) is 2.53. The number of nitro benzene ring substituents is 1. The quantitative estimate of drug-likeness (QED) is 0.208. The van der Waals surface area contributed by atoms with Crippen molar-refractivity contribution in [2.75, 3.05) is 6.61 Å². The van der Waals surface area contributed by atoms with Gasteiger partial charge >= 0.3 is 5.69 Å². The van der Waals surface area contributed by atoms with Crippen molar-refractivity contribution in [3.05, 3.63) is 90.9 Å². The summed E-state index contributed by atoms with van der Waals surface area (Å²) < 4.78 is 12.2. The fourth-order valence-corrected chi connectivity index (χ4v) is 3.59. The van der Waals surface area contributed by atoms with E-state index >= 15 is 0 Å². The van der Waals surface area contributed by atoms with Gasteiger partial charge in [-0.2, -0.15) is 5.10 Å². The number of carbonyl (C=O) groups excluding carboxylic acids is 1. The average molecular weight is 549 g/mol. The van der Waals surface area contributed by atoms with Crippen molar-refractivity contribution in [1.29, 1.82) is 0 Å². The summed E-state index contributed by atoms with van der Waals surface area (Å²) in [4.78, 5) is 22.4. The normalized spacial score (nSPS) is 10.8. The number of aromatic hydroxyl groups is 1. The van der Waals surface area contributed by atoms with Crippen molar-refractivity contribution in [3.8, 4) is 17.2 Å². The molecule has 3 rings (SSSR count). The smallest absolute Gasteiger partial charge is 0.311 e. The molecule has 0 atom stereocenters. The van der Waals surface area contributed by atoms with Crippen LogP contribution >= 0.6 is 27.5 Å². The van der Waals surface area contributed by atoms with E-state index in [9.17, 15) is 20.0 Å². The van der Waals surface area contributed by atoms with Crippen LogP contribution in [0.5, 0.6) is 17.2 Å². The number of rotatable bonds is 9. The number of ether oxygens (including phenoxy) is 2. The summed E-state index contributed by atoms with van der Waals surface area (Å²) in [5, 5.41) is 25.4. The lowest BCUT2D eigenvalue weighted by atomic mass is 10.1. The number of nitrogens with one attached hydrogen (secondary N) is 1. The Labute approximate surface area is 208 Å². The van der Waals surface area contributed by atoms with Gasteiger partial charge in [-0.3, -0.25) is 14.9 Å². The van der Waals surface area contributed by atoms with Crippen molar-refractivity contribution in [2.24, 2.45) is 5.10 Å². The van der Waals surface area contributed by atoms with Crippen molar-refractivity contribution in [2.45, 2.75) is 13.5 Å². The van der Waals surface area contributed by atoms with E-state index in [2.05, 4.69) is 26.5 Å². The van der Waals surface area contributed by atoms with Gasteiger partial charge in [0.15, 0.2) is 11.5 Å². The maximum Gasteiger partial charge on any atom is 0.311 e. The van der Waals surface area contributed by atoms with Crippen LogP contribution in [-0.4, -0.2) is 28.8 Å². The third-order valence-electron chi connectivity index (χ3n) is 4.46. The Bertz CT molecular complexity index is 1230. The summed E-state index contributed by atoms with van der Waals surface area (Å²) in [5.74, 6) is -0.567. The van der Waals surface area contributed by atoms with E-state index in [1.807, 2.05) is 19.1 Å². The van der Waals surface area contributed by atoms with E-state index in [1.54, 1.807) is 24.3 Å². The van der Waals surface area contributed by atoms with E-state index in [4.69, 9.17) is 21.1 Å². The molecule has 0 aromatic heterocycles. The second-order valence-electron chi connectivity index (χ2n) is 6.81. The van der Waals surface area contributed by atoms with Crippen LogP contribution in [0.4, 0.5) is 5.69 Å². The largest absolute Gasteiger partial charge is 0.502 e. The van der Waals surface area contributed by atoms with Crippen LogP contribution in [0.2, 0.25) is 5.02 Å². The number of phenolic OH excluding ortho intramolecular Hbond substituents is 1. The van der Waals surface area contributed by atoms with Crippen LogP contribution in [0.3, 0.4) is 0 Å². The van der Waals surface area contributed by atoms with Gasteiger partial charge in [0, 0.05) is 11.1 Å². The molecule has 0 unspecified atom stereocenters. The Balaban J connectivity index is 1.74. The number of hydrogen-bond acceptors (Lipinski definition) is 7. The molecule has 0 aliphatic carbocycles. The Kier molecular flexibility index (Phi) is 8.44. The van der Waals surface area contributed by atoms with Gasteiger partial charge in [0.25, 0.3) is 5.91 Å². The van der Waals surface area contributed by atoms with Crippen LogP contribution in [0.15, 0.2) is 64.2 Å². The molecule has 176 valence electrons. The lowest BCUT2D eigenvalue weighted by Crippen LogP contribution is -2.18. The maximum absolute atomic E-state index is 12.3. The fourth-order valence-electron chi connectivity index (χ4n) is 2.89. The van der Waals surface area contributed by atoms with Gasteiger partial charge in [0.1, 0.15) is 6.61 Å². The van der Waals surface area contributed by atoms with Crippen molar-refractivity contribution < 1.29 is 24.3 Å². The van der Waals surface area contributed by atoms with E-state index < -0.39 is 22.3 Å². The highest BCUT2D eigenvalue weighted by Gasteiger charge is 2.20. The van der Waals surface area contributed by atoms with Crippen molar-refractivity contribution in [3.63, 3.8) is 0 Å². The zero-order valence-electron chi connectivity index (χ0n) is 17.8. The van der Waals surface area contributed by atoms with Crippen LogP contribution in [0.1, 0.15) is 28.4 Å². The highest BCUT2D eigenvalue weighted by Crippen LogP contribution is 2.37. The SMILES string of the molecule is CCOc1cc(/C=N\NC(=O)c2cccc([N+](=O)[O-])c2O)cc(Br)c1OCc1ccc(Cl)cc1. The molecule has 0 aliphatic heterocycles. The predicted octanol–water partition coefficient (Wildman–Crippen LogP) is 5.46. The molecule has 11 heteroatoms. The van der Waals surface area contributed by atoms with E-state index in [-0.39, 0.29) is 5.56 Å². The summed E-state index contributed by atoms with van der Waals surface area (Å²) in [6, 6.07) is 14.3. The highest BCUT2D eigenvalue weighted by atomic mass is 79.9. The number of para-hydroxylation sites is 1. The number of benzene rings is 3. The number of phenols is 1. The number of nitrogens with zero attached hydrogens (tertiary/aromatic N) is 2. The number of halogens is 2. The topological polar surface area (TPSA) is 123 Å². The monoisotopic (exact) mass is 547 g/mol. The van der Waals surface area contributed by atoms with Crippen LogP contribution < -0.4 is 14.9 Å². The number of amides is 1. The Morgan fingerprint density at radius 1 is 1.24 bits per heavy atom. The highest BCUT2D eigenvalue weighted by molar-refractivity contribution is 9.10. The first kappa shape index (κ1) is 25.0. The first-order valence-corrected chi connectivity index (χ1v) is 11.1. The second-order valence-corrected chi connectivity index (χ2v) is 8.10. The van der Waals surface area contributed by atoms with Gasteiger partial charge in [0.05, 0.1) is 27.8 Å². The molecule has 3 aromatic carbocycles. The van der Waals surface area contributed by atoms with Gasteiger partial charge in [-0.1, -0.05) is 29.8 Å². The third-order valence-corrected chi connectivity index (χ3v) is 5.30. The molecule has 3 aromatic rings. The predicted molar refractivity (Wildman–Crippen MR) is 131 cm³/mol. The summed E-state index contributed by atoms with van der Waals surface area (Å²) in [6.07, 6.45) is 1.36. The van der Waals surface area contributed by atoms with Gasteiger partial charge in [0.2, 0.25) is 5.75 Å². The van der Waals surface area contributed by atoms with Gasteiger partial charge in [-0.05, 0) is 64.3 Å². The van der Waals surface area contributed by atoms with Crippen LogP contribution in [0, 0.1) is 10.1 Å². The lowest BCUT2D eigenvalue weighted by Gasteiger charge is -2.14. The lowest BCUT2D eigenvalue weighted by molar-refractivity contribution is -0.385. The second kappa shape index (κ2) is 11.5. The zero-order chi connectivity index (χ0) is 24.7. The van der Waals surface area contributed by atoms with Crippen LogP contribution in [0.25, 0.3) is 0 Å². The first-order valence-electron chi connectivity index (χ1n) is 9.93. The fraction of sp³-hybridized carbons (Fsp3) is 0.130. The molecule has 0 heterocycles. The molecular formula is C23H19BrClN3O6.